The summed E-state index contributed by atoms with van der Waals surface area (Å²) in [6.45, 7) is 3.92. The molecule has 2 aromatic carbocycles. The lowest BCUT2D eigenvalue weighted by Gasteiger charge is -2.38. The van der Waals surface area contributed by atoms with E-state index in [1.807, 2.05) is 6.07 Å². The molecule has 4 rings (SSSR count). The lowest BCUT2D eigenvalue weighted by molar-refractivity contribution is -0.137. The summed E-state index contributed by atoms with van der Waals surface area (Å²) in [7, 11) is 0. The highest BCUT2D eigenvalue weighted by molar-refractivity contribution is 5.66. The Bertz CT molecular complexity index is 843. The van der Waals surface area contributed by atoms with Gasteiger partial charge in [0.1, 0.15) is 11.5 Å². The predicted octanol–water partition coefficient (Wildman–Crippen LogP) is 4.29. The van der Waals surface area contributed by atoms with Crippen molar-refractivity contribution in [2.24, 2.45) is 0 Å². The third kappa shape index (κ3) is 4.96. The molecular weight excluding hydrogens is 378 g/mol. The number of carboxylic acid groups (broad SMARTS) is 1. The lowest BCUT2D eigenvalue weighted by atomic mass is 9.74. The van der Waals surface area contributed by atoms with Crippen LogP contribution in [0.25, 0.3) is 0 Å². The van der Waals surface area contributed by atoms with Gasteiger partial charge in [0.15, 0.2) is 0 Å². The highest BCUT2D eigenvalue weighted by Crippen LogP contribution is 2.46. The summed E-state index contributed by atoms with van der Waals surface area (Å²) in [5.74, 6) is 1.11. The molecule has 1 N–H and O–H groups in total. The second-order valence-electron chi connectivity index (χ2n) is 8.50. The van der Waals surface area contributed by atoms with Crippen LogP contribution in [0.2, 0.25) is 0 Å². The summed E-state index contributed by atoms with van der Waals surface area (Å²) >= 11 is 0. The molecule has 1 fully saturated rings. The highest BCUT2D eigenvalue weighted by Gasteiger charge is 2.43. The van der Waals surface area contributed by atoms with E-state index in [4.69, 9.17) is 14.6 Å². The van der Waals surface area contributed by atoms with Crippen LogP contribution in [0.3, 0.4) is 0 Å². The predicted molar refractivity (Wildman–Crippen MR) is 116 cm³/mol. The second-order valence-corrected chi connectivity index (χ2v) is 8.50. The van der Waals surface area contributed by atoms with Crippen molar-refractivity contribution in [2.75, 3.05) is 32.8 Å². The van der Waals surface area contributed by atoms with E-state index in [1.165, 1.54) is 11.1 Å². The van der Waals surface area contributed by atoms with Crippen LogP contribution in [-0.4, -0.2) is 48.8 Å². The number of carboxylic acids is 1. The average molecular weight is 410 g/mol. The van der Waals surface area contributed by atoms with Crippen LogP contribution in [0.4, 0.5) is 0 Å². The maximum atomic E-state index is 10.8. The fraction of sp³-hybridized carbons (Fsp3) is 0.480. The Balaban J connectivity index is 1.25. The molecule has 0 atom stereocenters. The maximum Gasteiger partial charge on any atom is 0.304 e. The van der Waals surface area contributed by atoms with Crippen molar-refractivity contribution in [3.63, 3.8) is 0 Å². The Morgan fingerprint density at radius 2 is 1.90 bits per heavy atom. The summed E-state index contributed by atoms with van der Waals surface area (Å²) in [6.07, 6.45) is 5.48. The van der Waals surface area contributed by atoms with E-state index < -0.39 is 5.97 Å². The van der Waals surface area contributed by atoms with Gasteiger partial charge < -0.3 is 19.5 Å². The first-order valence-corrected chi connectivity index (χ1v) is 11.0. The third-order valence-corrected chi connectivity index (χ3v) is 6.45. The quantitative estimate of drug-likeness (QED) is 0.626. The zero-order valence-electron chi connectivity index (χ0n) is 17.5. The minimum atomic E-state index is -0.725. The molecule has 2 aliphatic heterocycles. The molecule has 160 valence electrons. The van der Waals surface area contributed by atoms with Gasteiger partial charge in [-0.15, -0.1) is 0 Å². The zero-order chi connectivity index (χ0) is 20.8. The summed E-state index contributed by atoms with van der Waals surface area (Å²) < 4.78 is 12.0. The van der Waals surface area contributed by atoms with E-state index >= 15 is 0 Å². The first-order valence-electron chi connectivity index (χ1n) is 11.0. The van der Waals surface area contributed by atoms with Crippen LogP contribution in [0.15, 0.2) is 48.5 Å². The van der Waals surface area contributed by atoms with E-state index in [9.17, 15) is 4.79 Å². The van der Waals surface area contributed by atoms with Crippen LogP contribution < -0.4 is 9.47 Å². The van der Waals surface area contributed by atoms with Crippen LogP contribution in [0.1, 0.15) is 43.2 Å². The van der Waals surface area contributed by atoms with Gasteiger partial charge in [0, 0.05) is 23.6 Å². The van der Waals surface area contributed by atoms with E-state index in [2.05, 4.69) is 47.4 Å². The molecular formula is C25H31NO4. The number of hydrogen-bond acceptors (Lipinski definition) is 4. The molecule has 1 saturated heterocycles. The molecule has 0 amide bonds. The normalized spacial score (nSPS) is 17.5. The van der Waals surface area contributed by atoms with E-state index in [1.54, 1.807) is 0 Å². The largest absolute Gasteiger partial charge is 0.493 e. The molecule has 5 nitrogen and oxygen atoms in total. The number of piperidine rings is 1. The van der Waals surface area contributed by atoms with Gasteiger partial charge in [0.25, 0.3) is 0 Å². The topological polar surface area (TPSA) is 59.0 Å². The smallest absolute Gasteiger partial charge is 0.304 e. The Kier molecular flexibility index (Phi) is 6.58. The van der Waals surface area contributed by atoms with Gasteiger partial charge in [0.05, 0.1) is 19.6 Å². The number of carbonyl (C=O) groups is 1. The van der Waals surface area contributed by atoms with Crippen LogP contribution >= 0.6 is 0 Å². The van der Waals surface area contributed by atoms with E-state index in [0.717, 1.165) is 69.9 Å². The number of aliphatic carboxylic acids is 1. The number of nitrogens with zero attached hydrogens (tertiary/aromatic N) is 1. The van der Waals surface area contributed by atoms with Crippen molar-refractivity contribution < 1.29 is 19.4 Å². The van der Waals surface area contributed by atoms with Gasteiger partial charge in [-0.3, -0.25) is 4.79 Å². The van der Waals surface area contributed by atoms with E-state index in [-0.39, 0.29) is 11.8 Å². The van der Waals surface area contributed by atoms with Gasteiger partial charge in [-0.25, -0.2) is 0 Å². The molecule has 0 aromatic heterocycles. The van der Waals surface area contributed by atoms with Crippen LogP contribution in [0.5, 0.6) is 11.5 Å². The number of aryl methyl sites for hydroxylation is 1. The van der Waals surface area contributed by atoms with Gasteiger partial charge in [-0.05, 0) is 56.8 Å². The van der Waals surface area contributed by atoms with Gasteiger partial charge in [0.2, 0.25) is 0 Å². The number of ether oxygens (including phenoxy) is 2. The molecule has 30 heavy (non-hydrogen) atoms. The van der Waals surface area contributed by atoms with Gasteiger partial charge in [-0.1, -0.05) is 36.4 Å². The van der Waals surface area contributed by atoms with Crippen molar-refractivity contribution in [1.29, 1.82) is 0 Å². The monoisotopic (exact) mass is 409 g/mol. The molecule has 0 aliphatic carbocycles. The molecule has 0 unspecified atom stereocenters. The SMILES string of the molecule is O=C(O)CCN1CCC2(CC1)COc1cc(OCCCCc3ccccc3)ccc12. The Morgan fingerprint density at radius 1 is 1.10 bits per heavy atom. The van der Waals surface area contributed by atoms with Crippen molar-refractivity contribution >= 4 is 5.97 Å². The summed E-state index contributed by atoms with van der Waals surface area (Å²) in [5, 5.41) is 8.89. The molecule has 2 aliphatic rings. The van der Waals surface area contributed by atoms with Crippen molar-refractivity contribution in [3.8, 4) is 11.5 Å². The zero-order valence-corrected chi connectivity index (χ0v) is 17.5. The summed E-state index contributed by atoms with van der Waals surface area (Å²) in [4.78, 5) is 13.1. The molecule has 2 heterocycles. The van der Waals surface area contributed by atoms with Crippen LogP contribution in [-0.2, 0) is 16.6 Å². The number of unbranched alkanes of at least 4 members (excludes halogenated alkanes) is 1. The second kappa shape index (κ2) is 9.52. The van der Waals surface area contributed by atoms with Crippen LogP contribution in [0, 0.1) is 0 Å². The molecule has 0 saturated carbocycles. The number of rotatable bonds is 9. The molecule has 0 bridgehead atoms. The summed E-state index contributed by atoms with van der Waals surface area (Å²) in [5.41, 5.74) is 2.74. The molecule has 5 heteroatoms. The fourth-order valence-corrected chi connectivity index (χ4v) is 4.58. The van der Waals surface area contributed by atoms with Gasteiger partial charge >= 0.3 is 5.97 Å². The number of likely N-dealkylation sites (tertiary alicyclic amines) is 1. The number of hydrogen-bond donors (Lipinski definition) is 1. The highest BCUT2D eigenvalue weighted by atomic mass is 16.5. The minimum Gasteiger partial charge on any atom is -0.493 e. The Hall–Kier alpha value is -2.53. The lowest BCUT2D eigenvalue weighted by Crippen LogP contribution is -2.44. The van der Waals surface area contributed by atoms with E-state index in [0.29, 0.717) is 6.54 Å². The maximum absolute atomic E-state index is 10.8. The molecule has 1 spiro atoms. The first-order chi connectivity index (χ1) is 14.6. The summed E-state index contributed by atoms with van der Waals surface area (Å²) in [6, 6.07) is 16.9. The molecule has 2 aromatic rings. The average Bonchev–Trinajstić information content (AvgIpc) is 3.11. The standard InChI is InChI=1S/C25H31NO4/c27-24(28)11-14-26-15-12-25(13-16-26)19-30-23-18-21(9-10-22(23)25)29-17-5-4-8-20-6-2-1-3-7-20/h1-3,6-7,9-10,18H,4-5,8,11-17,19H2,(H,27,28). The number of benzene rings is 2. The van der Waals surface area contributed by atoms with Crippen molar-refractivity contribution in [3.05, 3.63) is 59.7 Å². The minimum absolute atomic E-state index is 0.0727. The third-order valence-electron chi connectivity index (χ3n) is 6.45. The fourth-order valence-electron chi connectivity index (χ4n) is 4.58. The first kappa shape index (κ1) is 20.7. The Morgan fingerprint density at radius 3 is 2.67 bits per heavy atom. The van der Waals surface area contributed by atoms with Gasteiger partial charge in [-0.2, -0.15) is 0 Å². The van der Waals surface area contributed by atoms with Crippen molar-refractivity contribution in [2.45, 2.75) is 43.9 Å². The molecule has 0 radical (unpaired) electrons. The van der Waals surface area contributed by atoms with Crippen molar-refractivity contribution in [1.82, 2.24) is 4.90 Å². The Labute approximate surface area is 178 Å². The number of fused-ring (bicyclic) bond motifs is 2.